The van der Waals surface area contributed by atoms with Crippen LogP contribution in [0.3, 0.4) is 0 Å². The third-order valence-corrected chi connectivity index (χ3v) is 4.67. The minimum Gasteiger partial charge on any atom is -0.211 e. The Balaban J connectivity index is 1.81. The highest BCUT2D eigenvalue weighted by Gasteiger charge is 2.31. The highest BCUT2D eigenvalue weighted by atomic mass is 32.2. The molecule has 1 aromatic carbocycles. The molecule has 4 nitrogen and oxygen atoms in total. The molecule has 0 spiro atoms. The molecule has 1 atom stereocenters. The first-order chi connectivity index (χ1) is 10.0. The minimum absolute atomic E-state index is 0.105. The number of fused-ring (bicyclic) bond motifs is 1. The zero-order valence-corrected chi connectivity index (χ0v) is 11.9. The van der Waals surface area contributed by atoms with Crippen molar-refractivity contribution in [2.24, 2.45) is 0 Å². The number of hydrogen-bond acceptors (Lipinski definition) is 4. The molecular weight excluding hydrogens is 301 g/mol. The van der Waals surface area contributed by atoms with Crippen molar-refractivity contribution in [1.29, 1.82) is 0 Å². The summed E-state index contributed by atoms with van der Waals surface area (Å²) in [5, 5.41) is 10.9. The van der Waals surface area contributed by atoms with Crippen molar-refractivity contribution < 1.29 is 13.2 Å². The van der Waals surface area contributed by atoms with Gasteiger partial charge in [0, 0.05) is 5.25 Å². The summed E-state index contributed by atoms with van der Waals surface area (Å²) in [4.78, 5) is 0. The molecule has 1 aromatic heterocycles. The van der Waals surface area contributed by atoms with Crippen molar-refractivity contribution in [2.75, 3.05) is 0 Å². The Hall–Kier alpha value is -1.57. The lowest BCUT2D eigenvalue weighted by molar-refractivity contribution is -0.144. The van der Waals surface area contributed by atoms with Gasteiger partial charge in [-0.1, -0.05) is 36.0 Å². The van der Waals surface area contributed by atoms with Crippen molar-refractivity contribution >= 4 is 11.8 Å². The van der Waals surface area contributed by atoms with Gasteiger partial charge < -0.3 is 0 Å². The van der Waals surface area contributed by atoms with Crippen molar-refractivity contribution in [3.05, 3.63) is 35.4 Å². The molecule has 0 saturated heterocycles. The first-order valence-corrected chi connectivity index (χ1v) is 7.48. The largest absolute Gasteiger partial charge is 0.408 e. The Morgan fingerprint density at radius 2 is 2.10 bits per heavy atom. The number of aryl methyl sites for hydroxylation is 1. The molecule has 21 heavy (non-hydrogen) atoms. The Bertz CT molecular complexity index is 626. The van der Waals surface area contributed by atoms with E-state index in [-0.39, 0.29) is 10.4 Å². The molecule has 0 unspecified atom stereocenters. The zero-order chi connectivity index (χ0) is 14.9. The van der Waals surface area contributed by atoms with Crippen molar-refractivity contribution in [3.8, 4) is 0 Å². The third kappa shape index (κ3) is 3.37. The van der Waals surface area contributed by atoms with E-state index in [4.69, 9.17) is 0 Å². The number of benzene rings is 1. The molecule has 0 saturated carbocycles. The van der Waals surface area contributed by atoms with Crippen LogP contribution >= 0.6 is 11.8 Å². The molecule has 0 N–H and O–H groups in total. The lowest BCUT2D eigenvalue weighted by Crippen LogP contribution is -2.19. The van der Waals surface area contributed by atoms with Gasteiger partial charge in [-0.05, 0) is 40.8 Å². The number of nitrogens with zero attached hydrogens (tertiary/aromatic N) is 4. The lowest BCUT2D eigenvalue weighted by atomic mass is 9.91. The molecule has 112 valence electrons. The van der Waals surface area contributed by atoms with Gasteiger partial charge in [0.2, 0.25) is 5.16 Å². The fourth-order valence-corrected chi connectivity index (χ4v) is 3.71. The van der Waals surface area contributed by atoms with E-state index in [1.807, 2.05) is 18.2 Å². The highest BCUT2D eigenvalue weighted by Crippen LogP contribution is 2.42. The van der Waals surface area contributed by atoms with Crippen molar-refractivity contribution in [3.63, 3.8) is 0 Å². The van der Waals surface area contributed by atoms with Gasteiger partial charge in [-0.25, -0.2) is 4.68 Å². The molecule has 0 fully saturated rings. The van der Waals surface area contributed by atoms with E-state index in [9.17, 15) is 13.2 Å². The number of rotatable bonds is 3. The molecule has 0 aliphatic heterocycles. The third-order valence-electron chi connectivity index (χ3n) is 3.39. The van der Waals surface area contributed by atoms with Gasteiger partial charge in [0.1, 0.15) is 6.54 Å². The minimum atomic E-state index is -4.32. The lowest BCUT2D eigenvalue weighted by Gasteiger charge is -2.24. The normalized spacial score (nSPS) is 18.5. The molecule has 8 heteroatoms. The Labute approximate surface area is 123 Å². The zero-order valence-electron chi connectivity index (χ0n) is 11.0. The maximum atomic E-state index is 12.5. The van der Waals surface area contributed by atoms with Crippen LogP contribution in [0.5, 0.6) is 0 Å². The molecule has 0 amide bonds. The average Bonchev–Trinajstić information content (AvgIpc) is 2.84. The maximum Gasteiger partial charge on any atom is 0.408 e. The monoisotopic (exact) mass is 314 g/mol. The fraction of sp³-hybridized carbons (Fsp3) is 0.462. The summed E-state index contributed by atoms with van der Waals surface area (Å²) < 4.78 is 38.3. The number of aromatic nitrogens is 4. The maximum absolute atomic E-state index is 12.5. The van der Waals surface area contributed by atoms with E-state index in [0.717, 1.165) is 23.9 Å². The van der Waals surface area contributed by atoms with Gasteiger partial charge in [0.05, 0.1) is 0 Å². The second-order valence-corrected chi connectivity index (χ2v) is 6.10. The first kappa shape index (κ1) is 14.4. The molecule has 3 rings (SSSR count). The number of hydrogen-bond donors (Lipinski definition) is 0. The van der Waals surface area contributed by atoms with Crippen LogP contribution in [0.25, 0.3) is 0 Å². The quantitative estimate of drug-likeness (QED) is 0.871. The van der Waals surface area contributed by atoms with Gasteiger partial charge in [-0.15, -0.1) is 5.10 Å². The first-order valence-electron chi connectivity index (χ1n) is 6.60. The number of alkyl halides is 3. The summed E-state index contributed by atoms with van der Waals surface area (Å²) >= 11 is 1.31. The van der Waals surface area contributed by atoms with E-state index in [0.29, 0.717) is 0 Å². The molecule has 1 aliphatic carbocycles. The Morgan fingerprint density at radius 3 is 2.90 bits per heavy atom. The van der Waals surface area contributed by atoms with Crippen LogP contribution in [0.4, 0.5) is 13.2 Å². The van der Waals surface area contributed by atoms with E-state index >= 15 is 0 Å². The van der Waals surface area contributed by atoms with E-state index in [1.165, 1.54) is 22.9 Å². The summed E-state index contributed by atoms with van der Waals surface area (Å²) in [6.45, 7) is -1.16. The summed E-state index contributed by atoms with van der Waals surface area (Å²) in [5.41, 5.74) is 2.44. The van der Waals surface area contributed by atoms with Gasteiger partial charge >= 0.3 is 6.18 Å². The second-order valence-electron chi connectivity index (χ2n) is 4.93. The van der Waals surface area contributed by atoms with Crippen LogP contribution in [-0.4, -0.2) is 26.4 Å². The van der Waals surface area contributed by atoms with Crippen molar-refractivity contribution in [2.45, 2.75) is 42.4 Å². The average molecular weight is 314 g/mol. The highest BCUT2D eigenvalue weighted by molar-refractivity contribution is 7.99. The Morgan fingerprint density at radius 1 is 1.29 bits per heavy atom. The molecule has 0 radical (unpaired) electrons. The Kier molecular flexibility index (Phi) is 3.88. The molecule has 1 aliphatic rings. The van der Waals surface area contributed by atoms with Crippen LogP contribution in [-0.2, 0) is 13.0 Å². The number of thioether (sulfide) groups is 1. The van der Waals surface area contributed by atoms with E-state index in [1.54, 1.807) is 0 Å². The van der Waals surface area contributed by atoms with Gasteiger partial charge in [-0.3, -0.25) is 0 Å². The smallest absolute Gasteiger partial charge is 0.211 e. The van der Waals surface area contributed by atoms with Crippen molar-refractivity contribution in [1.82, 2.24) is 20.2 Å². The van der Waals surface area contributed by atoms with Crippen LogP contribution < -0.4 is 0 Å². The SMILES string of the molecule is FC(F)(F)Cn1nnnc1S[C@@H]1CCCc2ccccc21. The number of tetrazole rings is 1. The summed E-state index contributed by atoms with van der Waals surface area (Å²) in [7, 11) is 0. The predicted molar refractivity (Wildman–Crippen MR) is 71.9 cm³/mol. The summed E-state index contributed by atoms with van der Waals surface area (Å²) in [6, 6.07) is 8.04. The summed E-state index contributed by atoms with van der Waals surface area (Å²) in [6.07, 6.45) is -1.37. The summed E-state index contributed by atoms with van der Waals surface area (Å²) in [5.74, 6) is 0. The standard InChI is InChI=1S/C13H13F3N4S/c14-13(15,16)8-20-12(17-18-19-20)21-11-7-3-5-9-4-1-2-6-10(9)11/h1-2,4,6,11H,3,5,7-8H2/t11-/m1/s1. The predicted octanol–water partition coefficient (Wildman–Crippen LogP) is 3.41. The van der Waals surface area contributed by atoms with Gasteiger partial charge in [0.25, 0.3) is 0 Å². The van der Waals surface area contributed by atoms with Crippen LogP contribution in [0, 0.1) is 0 Å². The number of halogens is 3. The van der Waals surface area contributed by atoms with E-state index in [2.05, 4.69) is 21.6 Å². The van der Waals surface area contributed by atoms with Crippen LogP contribution in [0.1, 0.15) is 29.2 Å². The van der Waals surface area contributed by atoms with E-state index < -0.39 is 12.7 Å². The fourth-order valence-electron chi connectivity index (χ4n) is 2.51. The van der Waals surface area contributed by atoms with Gasteiger partial charge in [-0.2, -0.15) is 13.2 Å². The van der Waals surface area contributed by atoms with Crippen LogP contribution in [0.15, 0.2) is 29.4 Å². The molecule has 1 heterocycles. The molecule has 2 aromatic rings. The second kappa shape index (κ2) is 5.67. The molecule has 0 bridgehead atoms. The van der Waals surface area contributed by atoms with Gasteiger partial charge in [0.15, 0.2) is 0 Å². The topological polar surface area (TPSA) is 43.6 Å². The van der Waals surface area contributed by atoms with Crippen LogP contribution in [0.2, 0.25) is 0 Å². The molecular formula is C13H13F3N4S.